The SMILES string of the molecule is COc1cc(/C=C(\C#N)C(=O)Nc2ccc(C(C)C)cc2)ccc1OCC(=O)Nc1ccccc1. The molecule has 0 saturated carbocycles. The molecule has 3 rings (SSSR count). The van der Waals surface area contributed by atoms with E-state index < -0.39 is 5.91 Å². The Hall–Kier alpha value is -4.57. The highest BCUT2D eigenvalue weighted by atomic mass is 16.5. The van der Waals surface area contributed by atoms with E-state index in [-0.39, 0.29) is 18.1 Å². The summed E-state index contributed by atoms with van der Waals surface area (Å²) in [5.74, 6) is 0.289. The minimum absolute atomic E-state index is 0.0594. The van der Waals surface area contributed by atoms with E-state index in [0.29, 0.717) is 34.4 Å². The molecule has 0 spiro atoms. The van der Waals surface area contributed by atoms with Gasteiger partial charge < -0.3 is 20.1 Å². The van der Waals surface area contributed by atoms with Crippen LogP contribution in [0.3, 0.4) is 0 Å². The first-order chi connectivity index (χ1) is 16.9. The molecule has 0 aliphatic rings. The summed E-state index contributed by atoms with van der Waals surface area (Å²) in [6, 6.07) is 23.4. The van der Waals surface area contributed by atoms with Gasteiger partial charge in [-0.2, -0.15) is 5.26 Å². The number of carbonyl (C=O) groups is 2. The molecule has 0 radical (unpaired) electrons. The topological polar surface area (TPSA) is 100 Å². The van der Waals surface area contributed by atoms with E-state index in [9.17, 15) is 14.9 Å². The van der Waals surface area contributed by atoms with Crippen molar-refractivity contribution in [3.8, 4) is 17.6 Å². The van der Waals surface area contributed by atoms with Crippen molar-refractivity contribution in [1.82, 2.24) is 0 Å². The van der Waals surface area contributed by atoms with Gasteiger partial charge in [0.15, 0.2) is 18.1 Å². The Morgan fingerprint density at radius 3 is 2.26 bits per heavy atom. The van der Waals surface area contributed by atoms with Gasteiger partial charge in [-0.15, -0.1) is 0 Å². The summed E-state index contributed by atoms with van der Waals surface area (Å²) in [7, 11) is 1.47. The van der Waals surface area contributed by atoms with Crippen molar-refractivity contribution in [2.45, 2.75) is 19.8 Å². The predicted octanol–water partition coefficient (Wildman–Crippen LogP) is 5.38. The van der Waals surface area contributed by atoms with Crippen LogP contribution < -0.4 is 20.1 Å². The monoisotopic (exact) mass is 469 g/mol. The van der Waals surface area contributed by atoms with Crippen molar-refractivity contribution in [2.24, 2.45) is 0 Å². The van der Waals surface area contributed by atoms with Crippen LogP contribution >= 0.6 is 0 Å². The Balaban J connectivity index is 1.66. The van der Waals surface area contributed by atoms with E-state index in [0.717, 1.165) is 5.56 Å². The zero-order valence-corrected chi connectivity index (χ0v) is 19.9. The Morgan fingerprint density at radius 1 is 0.943 bits per heavy atom. The Kier molecular flexibility index (Phi) is 8.63. The number of carbonyl (C=O) groups excluding carboxylic acids is 2. The van der Waals surface area contributed by atoms with E-state index in [1.165, 1.54) is 13.2 Å². The highest BCUT2D eigenvalue weighted by molar-refractivity contribution is 6.09. The van der Waals surface area contributed by atoms with Gasteiger partial charge in [0.25, 0.3) is 11.8 Å². The number of para-hydroxylation sites is 1. The fourth-order valence-electron chi connectivity index (χ4n) is 3.22. The number of anilines is 2. The molecule has 0 aliphatic heterocycles. The summed E-state index contributed by atoms with van der Waals surface area (Å²) in [6.45, 7) is 3.98. The van der Waals surface area contributed by atoms with Crippen LogP contribution in [0.5, 0.6) is 11.5 Å². The highest BCUT2D eigenvalue weighted by Gasteiger charge is 2.12. The number of rotatable bonds is 9. The maximum Gasteiger partial charge on any atom is 0.266 e. The molecule has 0 bridgehead atoms. The van der Waals surface area contributed by atoms with E-state index in [2.05, 4.69) is 24.5 Å². The molecule has 2 amide bonds. The van der Waals surface area contributed by atoms with Gasteiger partial charge in [-0.05, 0) is 59.5 Å². The molecule has 0 aliphatic carbocycles. The van der Waals surface area contributed by atoms with Gasteiger partial charge in [-0.25, -0.2) is 0 Å². The molecule has 0 saturated heterocycles. The molecule has 0 atom stereocenters. The minimum Gasteiger partial charge on any atom is -0.493 e. The Morgan fingerprint density at radius 2 is 1.63 bits per heavy atom. The summed E-state index contributed by atoms with van der Waals surface area (Å²) in [6.07, 6.45) is 1.46. The second-order valence-electron chi connectivity index (χ2n) is 8.01. The molecular weight excluding hydrogens is 442 g/mol. The largest absolute Gasteiger partial charge is 0.493 e. The quantitative estimate of drug-likeness (QED) is 0.324. The number of ether oxygens (including phenoxy) is 2. The molecule has 0 unspecified atom stereocenters. The van der Waals surface area contributed by atoms with Crippen LogP contribution in [-0.2, 0) is 9.59 Å². The number of hydrogen-bond donors (Lipinski definition) is 2. The Labute approximate surface area is 205 Å². The van der Waals surface area contributed by atoms with Gasteiger partial charge in [0, 0.05) is 11.4 Å². The van der Waals surface area contributed by atoms with Crippen LogP contribution in [0.15, 0.2) is 78.4 Å². The normalized spacial score (nSPS) is 10.9. The van der Waals surface area contributed by atoms with Gasteiger partial charge >= 0.3 is 0 Å². The molecule has 35 heavy (non-hydrogen) atoms. The smallest absolute Gasteiger partial charge is 0.266 e. The van der Waals surface area contributed by atoms with Crippen molar-refractivity contribution < 1.29 is 19.1 Å². The third-order valence-corrected chi connectivity index (χ3v) is 5.12. The molecule has 0 aromatic heterocycles. The lowest BCUT2D eigenvalue weighted by molar-refractivity contribution is -0.118. The van der Waals surface area contributed by atoms with Crippen LogP contribution in [-0.4, -0.2) is 25.5 Å². The fraction of sp³-hybridized carbons (Fsp3) is 0.179. The lowest BCUT2D eigenvalue weighted by atomic mass is 10.0. The molecule has 2 N–H and O–H groups in total. The molecule has 7 heteroatoms. The first kappa shape index (κ1) is 25.1. The first-order valence-electron chi connectivity index (χ1n) is 11.1. The molecule has 3 aromatic rings. The second kappa shape index (κ2) is 12.1. The van der Waals surface area contributed by atoms with Gasteiger partial charge in [0.05, 0.1) is 7.11 Å². The highest BCUT2D eigenvalue weighted by Crippen LogP contribution is 2.29. The number of methoxy groups -OCH3 is 1. The number of nitrogens with one attached hydrogen (secondary N) is 2. The van der Waals surface area contributed by atoms with E-state index >= 15 is 0 Å². The van der Waals surface area contributed by atoms with Crippen molar-refractivity contribution in [3.63, 3.8) is 0 Å². The molecule has 0 heterocycles. The average Bonchev–Trinajstić information content (AvgIpc) is 2.87. The third kappa shape index (κ3) is 7.21. The van der Waals surface area contributed by atoms with Crippen LogP contribution in [0.2, 0.25) is 0 Å². The minimum atomic E-state index is -0.512. The van der Waals surface area contributed by atoms with Crippen molar-refractivity contribution >= 4 is 29.3 Å². The number of nitriles is 1. The van der Waals surface area contributed by atoms with Gasteiger partial charge in [-0.3, -0.25) is 9.59 Å². The summed E-state index contributed by atoms with van der Waals surface area (Å²) in [5, 5.41) is 15.0. The standard InChI is InChI=1S/C28H27N3O4/c1-19(2)21-10-12-24(13-11-21)31-28(33)22(17-29)15-20-9-14-25(26(16-20)34-3)35-18-27(32)30-23-7-5-4-6-8-23/h4-16,19H,18H2,1-3H3,(H,30,32)(H,31,33)/b22-15+. The van der Waals surface area contributed by atoms with E-state index in [1.54, 1.807) is 30.3 Å². The summed E-state index contributed by atoms with van der Waals surface area (Å²) in [5.41, 5.74) is 2.95. The fourth-order valence-corrected chi connectivity index (χ4v) is 3.22. The van der Waals surface area contributed by atoms with Gasteiger partial charge in [0.2, 0.25) is 0 Å². The number of nitrogens with zero attached hydrogens (tertiary/aromatic N) is 1. The van der Waals surface area contributed by atoms with Crippen molar-refractivity contribution in [3.05, 3.63) is 89.5 Å². The first-order valence-corrected chi connectivity index (χ1v) is 11.1. The third-order valence-electron chi connectivity index (χ3n) is 5.12. The summed E-state index contributed by atoms with van der Waals surface area (Å²) >= 11 is 0. The van der Waals surface area contributed by atoms with Gasteiger partial charge in [0.1, 0.15) is 11.6 Å². The number of benzene rings is 3. The maximum atomic E-state index is 12.6. The van der Waals surface area contributed by atoms with Crippen molar-refractivity contribution in [1.29, 1.82) is 5.26 Å². The summed E-state index contributed by atoms with van der Waals surface area (Å²) < 4.78 is 11.0. The molecular formula is C28H27N3O4. The van der Waals surface area contributed by atoms with Crippen LogP contribution in [0.4, 0.5) is 11.4 Å². The van der Waals surface area contributed by atoms with Crippen LogP contribution in [0.25, 0.3) is 6.08 Å². The zero-order valence-electron chi connectivity index (χ0n) is 19.9. The van der Waals surface area contributed by atoms with E-state index in [4.69, 9.17) is 9.47 Å². The molecule has 178 valence electrons. The lowest BCUT2D eigenvalue weighted by Gasteiger charge is -2.12. The predicted molar refractivity (Wildman–Crippen MR) is 136 cm³/mol. The summed E-state index contributed by atoms with van der Waals surface area (Å²) in [4.78, 5) is 24.8. The molecule has 7 nitrogen and oxygen atoms in total. The second-order valence-corrected chi connectivity index (χ2v) is 8.01. The van der Waals surface area contributed by atoms with Crippen LogP contribution in [0.1, 0.15) is 30.9 Å². The maximum absolute atomic E-state index is 12.6. The van der Waals surface area contributed by atoms with Crippen LogP contribution in [0, 0.1) is 11.3 Å². The molecule has 3 aromatic carbocycles. The average molecular weight is 470 g/mol. The Bertz CT molecular complexity index is 1240. The zero-order chi connectivity index (χ0) is 25.2. The lowest BCUT2D eigenvalue weighted by Crippen LogP contribution is -2.20. The van der Waals surface area contributed by atoms with Crippen molar-refractivity contribution in [2.75, 3.05) is 24.4 Å². The molecule has 0 fully saturated rings. The van der Waals surface area contributed by atoms with E-state index in [1.807, 2.05) is 48.5 Å². The number of amides is 2. The number of hydrogen-bond acceptors (Lipinski definition) is 5. The van der Waals surface area contributed by atoms with Gasteiger partial charge in [-0.1, -0.05) is 50.2 Å².